The Hall–Kier alpha value is -0.0800. The van der Waals surface area contributed by atoms with Crippen molar-refractivity contribution in [3.63, 3.8) is 0 Å². The van der Waals surface area contributed by atoms with Gasteiger partial charge in [-0.25, -0.2) is 0 Å². The van der Waals surface area contributed by atoms with Crippen LogP contribution in [-0.4, -0.2) is 36.1 Å². The number of nitrogens with zero attached hydrogens (tertiary/aromatic N) is 1. The molecule has 2 aliphatic rings. The fourth-order valence-corrected chi connectivity index (χ4v) is 3.50. The molecule has 0 amide bonds. The summed E-state index contributed by atoms with van der Waals surface area (Å²) >= 11 is 0. The van der Waals surface area contributed by atoms with Crippen LogP contribution in [0, 0.1) is 5.92 Å². The zero-order chi connectivity index (χ0) is 11.5. The minimum Gasteiger partial charge on any atom is -0.309 e. The Balaban J connectivity index is 1.89. The Morgan fingerprint density at radius 1 is 1.19 bits per heavy atom. The second-order valence-electron chi connectivity index (χ2n) is 5.92. The summed E-state index contributed by atoms with van der Waals surface area (Å²) in [5, 5.41) is 3.92. The molecule has 3 unspecified atom stereocenters. The van der Waals surface area contributed by atoms with Gasteiger partial charge in [0.1, 0.15) is 0 Å². The van der Waals surface area contributed by atoms with E-state index in [-0.39, 0.29) is 0 Å². The number of fused-ring (bicyclic) bond motifs is 1. The Bertz CT molecular complexity index is 215. The Morgan fingerprint density at radius 2 is 2.00 bits per heavy atom. The molecule has 94 valence electrons. The van der Waals surface area contributed by atoms with Crippen LogP contribution in [0.3, 0.4) is 0 Å². The van der Waals surface area contributed by atoms with Gasteiger partial charge in [-0.15, -0.1) is 0 Å². The first-order valence-corrected chi connectivity index (χ1v) is 7.22. The van der Waals surface area contributed by atoms with Gasteiger partial charge in [-0.05, 0) is 38.1 Å². The van der Waals surface area contributed by atoms with Gasteiger partial charge in [0.25, 0.3) is 0 Å². The third-order valence-electron chi connectivity index (χ3n) is 4.53. The zero-order valence-electron chi connectivity index (χ0n) is 11.2. The van der Waals surface area contributed by atoms with Crippen molar-refractivity contribution in [3.05, 3.63) is 0 Å². The quantitative estimate of drug-likeness (QED) is 0.790. The minimum atomic E-state index is 0.715. The number of hydrogen-bond acceptors (Lipinski definition) is 2. The van der Waals surface area contributed by atoms with E-state index in [0.717, 1.165) is 18.0 Å². The van der Waals surface area contributed by atoms with Crippen molar-refractivity contribution in [2.24, 2.45) is 5.92 Å². The third-order valence-corrected chi connectivity index (χ3v) is 4.53. The molecule has 0 radical (unpaired) electrons. The predicted molar refractivity (Wildman–Crippen MR) is 69.7 cm³/mol. The molecule has 0 aromatic heterocycles. The summed E-state index contributed by atoms with van der Waals surface area (Å²) in [6.45, 7) is 9.67. The molecular formula is C14H28N2. The Labute approximate surface area is 101 Å². The standard InChI is InChI=1S/C14H28N2/c1-4-12(11(2)3)15-13-8-10-16-9-6-5-7-14(13)16/h11-15H,4-10H2,1-3H3. The molecule has 3 atom stereocenters. The van der Waals surface area contributed by atoms with E-state index in [1.54, 1.807) is 0 Å². The van der Waals surface area contributed by atoms with E-state index in [9.17, 15) is 0 Å². The molecule has 2 heteroatoms. The lowest BCUT2D eigenvalue weighted by atomic mass is 9.95. The van der Waals surface area contributed by atoms with Crippen molar-refractivity contribution < 1.29 is 0 Å². The van der Waals surface area contributed by atoms with E-state index in [0.29, 0.717) is 6.04 Å². The van der Waals surface area contributed by atoms with E-state index >= 15 is 0 Å². The summed E-state index contributed by atoms with van der Waals surface area (Å²) in [6, 6.07) is 2.33. The average molecular weight is 224 g/mol. The fourth-order valence-electron chi connectivity index (χ4n) is 3.50. The predicted octanol–water partition coefficient (Wildman–Crippen LogP) is 2.64. The summed E-state index contributed by atoms with van der Waals surface area (Å²) in [5.41, 5.74) is 0. The lowest BCUT2D eigenvalue weighted by Gasteiger charge is -2.35. The first kappa shape index (κ1) is 12.4. The molecule has 0 spiro atoms. The summed E-state index contributed by atoms with van der Waals surface area (Å²) < 4.78 is 0. The highest BCUT2D eigenvalue weighted by atomic mass is 15.2. The zero-order valence-corrected chi connectivity index (χ0v) is 11.2. The number of nitrogens with one attached hydrogen (secondary N) is 1. The highest BCUT2D eigenvalue weighted by Gasteiger charge is 2.36. The van der Waals surface area contributed by atoms with Gasteiger partial charge in [0.15, 0.2) is 0 Å². The van der Waals surface area contributed by atoms with Crippen molar-refractivity contribution in [2.45, 2.75) is 71.0 Å². The maximum absolute atomic E-state index is 3.92. The molecule has 2 saturated heterocycles. The molecule has 1 N–H and O–H groups in total. The van der Waals surface area contributed by atoms with Gasteiger partial charge in [0, 0.05) is 24.7 Å². The monoisotopic (exact) mass is 224 g/mol. The van der Waals surface area contributed by atoms with E-state index in [1.165, 1.54) is 45.2 Å². The van der Waals surface area contributed by atoms with Crippen molar-refractivity contribution in [1.29, 1.82) is 0 Å². The van der Waals surface area contributed by atoms with Gasteiger partial charge in [-0.1, -0.05) is 27.2 Å². The molecule has 2 fully saturated rings. The van der Waals surface area contributed by atoms with Gasteiger partial charge in [0.2, 0.25) is 0 Å². The van der Waals surface area contributed by atoms with Crippen LogP contribution in [-0.2, 0) is 0 Å². The molecule has 0 aromatic carbocycles. The van der Waals surface area contributed by atoms with Gasteiger partial charge in [-0.3, -0.25) is 4.90 Å². The van der Waals surface area contributed by atoms with Gasteiger partial charge in [-0.2, -0.15) is 0 Å². The van der Waals surface area contributed by atoms with E-state index in [2.05, 4.69) is 31.0 Å². The van der Waals surface area contributed by atoms with E-state index in [1.807, 2.05) is 0 Å². The molecule has 0 aliphatic carbocycles. The van der Waals surface area contributed by atoms with Crippen molar-refractivity contribution in [2.75, 3.05) is 13.1 Å². The first-order valence-electron chi connectivity index (χ1n) is 7.22. The van der Waals surface area contributed by atoms with Gasteiger partial charge in [0.05, 0.1) is 0 Å². The largest absolute Gasteiger partial charge is 0.309 e. The molecule has 16 heavy (non-hydrogen) atoms. The number of piperidine rings is 1. The highest BCUT2D eigenvalue weighted by Crippen LogP contribution is 2.28. The topological polar surface area (TPSA) is 15.3 Å². The second-order valence-corrected chi connectivity index (χ2v) is 5.92. The van der Waals surface area contributed by atoms with E-state index in [4.69, 9.17) is 0 Å². The molecule has 2 aliphatic heterocycles. The van der Waals surface area contributed by atoms with Crippen molar-refractivity contribution in [3.8, 4) is 0 Å². The molecule has 2 nitrogen and oxygen atoms in total. The normalized spacial score (nSPS) is 33.0. The summed E-state index contributed by atoms with van der Waals surface area (Å²) in [4.78, 5) is 2.72. The van der Waals surface area contributed by atoms with Crippen LogP contribution in [0.25, 0.3) is 0 Å². The van der Waals surface area contributed by atoms with Crippen LogP contribution in [0.5, 0.6) is 0 Å². The van der Waals surface area contributed by atoms with Crippen LogP contribution in [0.2, 0.25) is 0 Å². The average Bonchev–Trinajstić information content (AvgIpc) is 2.69. The van der Waals surface area contributed by atoms with Crippen LogP contribution < -0.4 is 5.32 Å². The lowest BCUT2D eigenvalue weighted by Crippen LogP contribution is -2.49. The Morgan fingerprint density at radius 3 is 2.69 bits per heavy atom. The molecular weight excluding hydrogens is 196 g/mol. The third kappa shape index (κ3) is 2.60. The van der Waals surface area contributed by atoms with Crippen molar-refractivity contribution in [1.82, 2.24) is 10.2 Å². The summed E-state index contributed by atoms with van der Waals surface area (Å²) in [6.07, 6.45) is 6.92. The van der Waals surface area contributed by atoms with E-state index < -0.39 is 0 Å². The molecule has 0 bridgehead atoms. The molecule has 2 heterocycles. The Kier molecular flexibility index (Phi) is 4.26. The van der Waals surface area contributed by atoms with Crippen LogP contribution >= 0.6 is 0 Å². The van der Waals surface area contributed by atoms with Crippen LogP contribution in [0.1, 0.15) is 52.9 Å². The second kappa shape index (κ2) is 5.50. The lowest BCUT2D eigenvalue weighted by molar-refractivity contribution is 0.172. The fraction of sp³-hybridized carbons (Fsp3) is 1.00. The van der Waals surface area contributed by atoms with Gasteiger partial charge < -0.3 is 5.32 Å². The van der Waals surface area contributed by atoms with Crippen LogP contribution in [0.15, 0.2) is 0 Å². The van der Waals surface area contributed by atoms with Crippen LogP contribution in [0.4, 0.5) is 0 Å². The number of hydrogen-bond donors (Lipinski definition) is 1. The SMILES string of the molecule is CCC(NC1CCN2CCCCC12)C(C)C. The summed E-state index contributed by atoms with van der Waals surface area (Å²) in [7, 11) is 0. The number of rotatable bonds is 4. The smallest absolute Gasteiger partial charge is 0.0249 e. The highest BCUT2D eigenvalue weighted by molar-refractivity contribution is 4.95. The maximum atomic E-state index is 3.92. The molecule has 2 rings (SSSR count). The maximum Gasteiger partial charge on any atom is 0.0249 e. The first-order chi connectivity index (χ1) is 7.72. The van der Waals surface area contributed by atoms with Crippen molar-refractivity contribution >= 4 is 0 Å². The summed E-state index contributed by atoms with van der Waals surface area (Å²) in [5.74, 6) is 0.766. The van der Waals surface area contributed by atoms with Gasteiger partial charge >= 0.3 is 0 Å². The minimum absolute atomic E-state index is 0.715. The molecule has 0 saturated carbocycles. The molecule has 0 aromatic rings.